The van der Waals surface area contributed by atoms with E-state index in [4.69, 9.17) is 11.6 Å². The number of nitrogens with one attached hydrogen (secondary N) is 1. The summed E-state index contributed by atoms with van der Waals surface area (Å²) in [6, 6.07) is 3.67. The molecule has 0 bridgehead atoms. The third-order valence-corrected chi connectivity index (χ3v) is 2.32. The van der Waals surface area contributed by atoms with Crippen LogP contribution in [0.4, 0.5) is 4.39 Å². The molecular weight excluding hydrogens is 205 g/mol. The molecule has 1 rings (SSSR count). The standard InChI is InChI=1S/C10H11ClFNO/c1-6(13-2)10(14)7-3-4-9(12)8(11)5-7/h3-6,13H,1-2H3. The van der Waals surface area contributed by atoms with Crippen molar-refractivity contribution in [1.29, 1.82) is 0 Å². The van der Waals surface area contributed by atoms with E-state index < -0.39 is 5.82 Å². The number of Topliss-reactive ketones (excluding diaryl/α,β-unsaturated/α-hetero) is 1. The third-order valence-electron chi connectivity index (χ3n) is 2.03. The minimum absolute atomic E-state index is 0.0286. The van der Waals surface area contributed by atoms with Crippen LogP contribution in [0.3, 0.4) is 0 Å². The van der Waals surface area contributed by atoms with Gasteiger partial charge in [-0.25, -0.2) is 4.39 Å². The van der Waals surface area contributed by atoms with Crippen LogP contribution < -0.4 is 5.32 Å². The number of carbonyl (C=O) groups is 1. The number of likely N-dealkylation sites (N-methyl/N-ethyl adjacent to an activating group) is 1. The Labute approximate surface area is 87.1 Å². The highest BCUT2D eigenvalue weighted by atomic mass is 35.5. The summed E-state index contributed by atoms with van der Waals surface area (Å²) in [5, 5.41) is 2.78. The molecule has 1 aromatic rings. The van der Waals surface area contributed by atoms with Crippen LogP contribution in [0.1, 0.15) is 17.3 Å². The third kappa shape index (κ3) is 2.30. The van der Waals surface area contributed by atoms with Crippen LogP contribution in [-0.4, -0.2) is 18.9 Å². The highest BCUT2D eigenvalue weighted by Crippen LogP contribution is 2.16. The predicted octanol–water partition coefficient (Wildman–Crippen LogP) is 2.27. The van der Waals surface area contributed by atoms with E-state index in [-0.39, 0.29) is 16.8 Å². The maximum atomic E-state index is 12.8. The van der Waals surface area contributed by atoms with E-state index in [2.05, 4.69) is 5.32 Å². The number of rotatable bonds is 3. The Hall–Kier alpha value is -0.930. The average Bonchev–Trinajstić information content (AvgIpc) is 2.20. The first kappa shape index (κ1) is 11.1. The lowest BCUT2D eigenvalue weighted by molar-refractivity contribution is 0.0955. The lowest BCUT2D eigenvalue weighted by atomic mass is 10.1. The average molecular weight is 216 g/mol. The van der Waals surface area contributed by atoms with Crippen molar-refractivity contribution >= 4 is 17.4 Å². The molecule has 1 N–H and O–H groups in total. The molecule has 2 nitrogen and oxygen atoms in total. The Morgan fingerprint density at radius 1 is 1.57 bits per heavy atom. The number of hydrogen-bond acceptors (Lipinski definition) is 2. The number of carbonyl (C=O) groups excluding carboxylic acids is 1. The zero-order valence-corrected chi connectivity index (χ0v) is 8.73. The summed E-state index contributed by atoms with van der Waals surface area (Å²) < 4.78 is 12.8. The first-order valence-corrected chi connectivity index (χ1v) is 4.60. The van der Waals surface area contributed by atoms with Gasteiger partial charge in [0, 0.05) is 5.56 Å². The van der Waals surface area contributed by atoms with Crippen molar-refractivity contribution in [2.75, 3.05) is 7.05 Å². The SMILES string of the molecule is CNC(C)C(=O)c1ccc(F)c(Cl)c1. The van der Waals surface area contributed by atoms with E-state index in [1.165, 1.54) is 18.2 Å². The first-order valence-electron chi connectivity index (χ1n) is 4.22. The monoisotopic (exact) mass is 215 g/mol. The summed E-state index contributed by atoms with van der Waals surface area (Å²) in [6.07, 6.45) is 0. The smallest absolute Gasteiger partial charge is 0.179 e. The molecular formula is C10H11ClFNO. The Kier molecular flexibility index (Phi) is 3.61. The summed E-state index contributed by atoms with van der Waals surface area (Å²) in [5.41, 5.74) is 0.415. The number of halogens is 2. The van der Waals surface area contributed by atoms with Gasteiger partial charge in [-0.2, -0.15) is 0 Å². The van der Waals surface area contributed by atoms with Crippen LogP contribution in [0, 0.1) is 5.82 Å². The molecule has 0 aromatic heterocycles. The van der Waals surface area contributed by atoms with Gasteiger partial charge in [0.25, 0.3) is 0 Å². The van der Waals surface area contributed by atoms with Gasteiger partial charge in [-0.1, -0.05) is 11.6 Å². The lowest BCUT2D eigenvalue weighted by Gasteiger charge is -2.08. The molecule has 1 atom stereocenters. The van der Waals surface area contributed by atoms with Crippen molar-refractivity contribution in [1.82, 2.24) is 5.32 Å². The van der Waals surface area contributed by atoms with Crippen LogP contribution in [0.25, 0.3) is 0 Å². The van der Waals surface area contributed by atoms with Gasteiger partial charge in [-0.3, -0.25) is 4.79 Å². The fraction of sp³-hybridized carbons (Fsp3) is 0.300. The Morgan fingerprint density at radius 2 is 2.21 bits per heavy atom. The fourth-order valence-corrected chi connectivity index (χ4v) is 1.21. The van der Waals surface area contributed by atoms with E-state index in [1.54, 1.807) is 14.0 Å². The number of benzene rings is 1. The van der Waals surface area contributed by atoms with Gasteiger partial charge in [0.2, 0.25) is 0 Å². The minimum Gasteiger partial charge on any atom is -0.310 e. The quantitative estimate of drug-likeness (QED) is 0.784. The van der Waals surface area contributed by atoms with E-state index in [0.717, 1.165) is 0 Å². The summed E-state index contributed by atoms with van der Waals surface area (Å²) in [6.45, 7) is 1.74. The lowest BCUT2D eigenvalue weighted by Crippen LogP contribution is -2.30. The molecule has 1 unspecified atom stereocenters. The van der Waals surface area contributed by atoms with Crippen LogP contribution in [0.2, 0.25) is 5.02 Å². The zero-order chi connectivity index (χ0) is 10.7. The molecule has 0 spiro atoms. The molecule has 0 saturated heterocycles. The van der Waals surface area contributed by atoms with Gasteiger partial charge in [0.1, 0.15) is 5.82 Å². The molecule has 0 radical (unpaired) electrons. The topological polar surface area (TPSA) is 29.1 Å². The van der Waals surface area contributed by atoms with E-state index in [9.17, 15) is 9.18 Å². The molecule has 0 amide bonds. The number of hydrogen-bond donors (Lipinski definition) is 1. The molecule has 14 heavy (non-hydrogen) atoms. The molecule has 1 aromatic carbocycles. The number of ketones is 1. The molecule has 4 heteroatoms. The predicted molar refractivity (Wildman–Crippen MR) is 54.3 cm³/mol. The fourth-order valence-electron chi connectivity index (χ4n) is 1.03. The Bertz CT molecular complexity index is 354. The normalized spacial score (nSPS) is 12.6. The van der Waals surface area contributed by atoms with Crippen molar-refractivity contribution in [2.45, 2.75) is 13.0 Å². The van der Waals surface area contributed by atoms with E-state index >= 15 is 0 Å². The van der Waals surface area contributed by atoms with Crippen molar-refractivity contribution < 1.29 is 9.18 Å². The van der Waals surface area contributed by atoms with Gasteiger partial charge >= 0.3 is 0 Å². The molecule has 0 heterocycles. The second-order valence-electron chi connectivity index (χ2n) is 3.00. The van der Waals surface area contributed by atoms with Crippen LogP contribution in [0.15, 0.2) is 18.2 Å². The van der Waals surface area contributed by atoms with E-state index in [0.29, 0.717) is 5.56 Å². The highest BCUT2D eigenvalue weighted by molar-refractivity contribution is 6.31. The van der Waals surface area contributed by atoms with Gasteiger partial charge in [0.15, 0.2) is 5.78 Å². The molecule has 0 saturated carbocycles. The Morgan fingerprint density at radius 3 is 2.71 bits per heavy atom. The van der Waals surface area contributed by atoms with Gasteiger partial charge in [-0.05, 0) is 32.2 Å². The summed E-state index contributed by atoms with van der Waals surface area (Å²) >= 11 is 5.56. The van der Waals surface area contributed by atoms with Crippen molar-refractivity contribution in [3.63, 3.8) is 0 Å². The maximum Gasteiger partial charge on any atom is 0.179 e. The van der Waals surface area contributed by atoms with Gasteiger partial charge in [0.05, 0.1) is 11.1 Å². The Balaban J connectivity index is 2.97. The summed E-state index contributed by atoms with van der Waals surface area (Å²) in [4.78, 5) is 11.6. The molecule has 0 aliphatic rings. The minimum atomic E-state index is -0.514. The first-order chi connectivity index (χ1) is 6.56. The molecule has 0 aliphatic carbocycles. The van der Waals surface area contributed by atoms with Crippen LogP contribution in [-0.2, 0) is 0 Å². The summed E-state index contributed by atoms with van der Waals surface area (Å²) in [7, 11) is 1.69. The van der Waals surface area contributed by atoms with Crippen LogP contribution in [0.5, 0.6) is 0 Å². The summed E-state index contributed by atoms with van der Waals surface area (Å²) in [5.74, 6) is -0.616. The van der Waals surface area contributed by atoms with Gasteiger partial charge < -0.3 is 5.32 Å². The zero-order valence-electron chi connectivity index (χ0n) is 7.97. The molecule has 76 valence electrons. The second-order valence-corrected chi connectivity index (χ2v) is 3.41. The molecule has 0 aliphatic heterocycles. The van der Waals surface area contributed by atoms with Crippen molar-refractivity contribution in [2.24, 2.45) is 0 Å². The van der Waals surface area contributed by atoms with E-state index in [1.807, 2.05) is 0 Å². The van der Waals surface area contributed by atoms with Crippen molar-refractivity contribution in [3.8, 4) is 0 Å². The van der Waals surface area contributed by atoms with Crippen molar-refractivity contribution in [3.05, 3.63) is 34.6 Å². The van der Waals surface area contributed by atoms with Crippen LogP contribution >= 0.6 is 11.6 Å². The highest BCUT2D eigenvalue weighted by Gasteiger charge is 2.14. The second kappa shape index (κ2) is 4.53. The largest absolute Gasteiger partial charge is 0.310 e. The maximum absolute atomic E-state index is 12.8. The molecule has 0 fully saturated rings. The van der Waals surface area contributed by atoms with Gasteiger partial charge in [-0.15, -0.1) is 0 Å².